The standard InChI is InChI=1S/C19H23N3O3S4/c1-14-21-16(13-27-14)17-8-7-15(28-17)9-10-20-18(23)5-3-11-22(2)29(24,25)19-6-4-12-26-19/h4,6-8,12-13H,3,5,9-11H2,1-2H3,(H,20,23). The van der Waals surface area contributed by atoms with Crippen molar-refractivity contribution in [1.29, 1.82) is 0 Å². The second-order valence-corrected chi connectivity index (χ2v) is 11.9. The van der Waals surface area contributed by atoms with Crippen LogP contribution < -0.4 is 5.32 Å². The van der Waals surface area contributed by atoms with E-state index in [0.717, 1.165) is 22.0 Å². The molecule has 10 heteroatoms. The lowest BCUT2D eigenvalue weighted by atomic mass is 10.3. The molecule has 1 amide bonds. The first-order valence-corrected chi connectivity index (χ1v) is 13.2. The van der Waals surface area contributed by atoms with Crippen molar-refractivity contribution in [3.8, 4) is 10.6 Å². The number of aromatic nitrogens is 1. The maximum absolute atomic E-state index is 12.3. The van der Waals surface area contributed by atoms with Gasteiger partial charge in [-0.25, -0.2) is 17.7 Å². The minimum absolute atomic E-state index is 0.0566. The molecule has 3 aromatic rings. The molecule has 0 bridgehead atoms. The number of rotatable bonds is 10. The van der Waals surface area contributed by atoms with Crippen molar-refractivity contribution < 1.29 is 13.2 Å². The fraction of sp³-hybridized carbons (Fsp3) is 0.368. The average molecular weight is 470 g/mol. The van der Waals surface area contributed by atoms with E-state index in [1.807, 2.05) is 6.92 Å². The first-order chi connectivity index (χ1) is 13.9. The quantitative estimate of drug-likeness (QED) is 0.487. The van der Waals surface area contributed by atoms with E-state index in [1.165, 1.54) is 20.5 Å². The summed E-state index contributed by atoms with van der Waals surface area (Å²) in [6.45, 7) is 2.88. The van der Waals surface area contributed by atoms with Crippen LogP contribution in [0.15, 0.2) is 39.2 Å². The van der Waals surface area contributed by atoms with Crippen molar-refractivity contribution in [3.63, 3.8) is 0 Å². The van der Waals surface area contributed by atoms with Crippen LogP contribution in [0.4, 0.5) is 0 Å². The predicted molar refractivity (Wildman–Crippen MR) is 120 cm³/mol. The van der Waals surface area contributed by atoms with Gasteiger partial charge in [0.05, 0.1) is 15.6 Å². The summed E-state index contributed by atoms with van der Waals surface area (Å²) in [4.78, 5) is 18.9. The Morgan fingerprint density at radius 3 is 2.76 bits per heavy atom. The Kier molecular flexibility index (Phi) is 7.58. The summed E-state index contributed by atoms with van der Waals surface area (Å²) in [5.41, 5.74) is 1.01. The molecule has 0 radical (unpaired) electrons. The molecule has 1 N–H and O–H groups in total. The molecule has 29 heavy (non-hydrogen) atoms. The number of thiophene rings is 2. The van der Waals surface area contributed by atoms with Gasteiger partial charge in [0.1, 0.15) is 4.21 Å². The summed E-state index contributed by atoms with van der Waals surface area (Å²) in [7, 11) is -1.90. The van der Waals surface area contributed by atoms with Crippen molar-refractivity contribution in [1.82, 2.24) is 14.6 Å². The number of thiazole rings is 1. The Bertz CT molecular complexity index is 1040. The second-order valence-electron chi connectivity index (χ2n) is 6.48. The molecule has 0 fully saturated rings. The first-order valence-electron chi connectivity index (χ1n) is 9.14. The summed E-state index contributed by atoms with van der Waals surface area (Å²) < 4.78 is 26.3. The average Bonchev–Trinajstić information content (AvgIpc) is 3.43. The highest BCUT2D eigenvalue weighted by atomic mass is 32.2. The normalized spacial score (nSPS) is 11.8. The van der Waals surface area contributed by atoms with Crippen LogP contribution in [0.1, 0.15) is 22.7 Å². The van der Waals surface area contributed by atoms with Gasteiger partial charge in [0.15, 0.2) is 0 Å². The Hall–Kier alpha value is -1.59. The summed E-state index contributed by atoms with van der Waals surface area (Å²) in [5, 5.41) is 7.76. The van der Waals surface area contributed by atoms with E-state index in [0.29, 0.717) is 30.1 Å². The lowest BCUT2D eigenvalue weighted by Gasteiger charge is -2.15. The van der Waals surface area contributed by atoms with Crippen molar-refractivity contribution in [2.45, 2.75) is 30.4 Å². The topological polar surface area (TPSA) is 79.4 Å². The zero-order chi connectivity index (χ0) is 20.9. The SMILES string of the molecule is Cc1nc(-c2ccc(CCNC(=O)CCCN(C)S(=O)(=O)c3cccs3)s2)cs1. The van der Waals surface area contributed by atoms with E-state index in [4.69, 9.17) is 0 Å². The molecule has 0 aliphatic heterocycles. The lowest BCUT2D eigenvalue weighted by Crippen LogP contribution is -2.29. The molecule has 0 aromatic carbocycles. The number of nitrogens with zero attached hydrogens (tertiary/aromatic N) is 2. The van der Waals surface area contributed by atoms with E-state index in [9.17, 15) is 13.2 Å². The number of hydrogen-bond acceptors (Lipinski definition) is 7. The summed E-state index contributed by atoms with van der Waals surface area (Å²) in [6.07, 6.45) is 1.56. The van der Waals surface area contributed by atoms with Crippen molar-refractivity contribution in [3.05, 3.63) is 44.9 Å². The van der Waals surface area contributed by atoms with Gasteiger partial charge >= 0.3 is 0 Å². The third-order valence-corrected chi connectivity index (χ3v) is 9.43. The molecule has 0 aliphatic rings. The minimum atomic E-state index is -3.45. The van der Waals surface area contributed by atoms with Gasteiger partial charge in [-0.15, -0.1) is 34.0 Å². The second kappa shape index (κ2) is 9.94. The first kappa shape index (κ1) is 22.1. The number of carbonyl (C=O) groups is 1. The smallest absolute Gasteiger partial charge is 0.252 e. The van der Waals surface area contributed by atoms with Crippen LogP contribution in [0.2, 0.25) is 0 Å². The molecular formula is C19H23N3O3S4. The van der Waals surface area contributed by atoms with Gasteiger partial charge < -0.3 is 5.32 Å². The molecule has 0 aliphatic carbocycles. The number of nitrogens with one attached hydrogen (secondary N) is 1. The minimum Gasteiger partial charge on any atom is -0.356 e. The summed E-state index contributed by atoms with van der Waals surface area (Å²) >= 11 is 4.53. The zero-order valence-corrected chi connectivity index (χ0v) is 19.5. The van der Waals surface area contributed by atoms with Gasteiger partial charge in [-0.2, -0.15) is 0 Å². The Balaban J connectivity index is 1.37. The molecule has 0 spiro atoms. The molecular weight excluding hydrogens is 446 g/mol. The highest BCUT2D eigenvalue weighted by Crippen LogP contribution is 2.29. The van der Waals surface area contributed by atoms with E-state index in [1.54, 1.807) is 47.2 Å². The van der Waals surface area contributed by atoms with Crippen LogP contribution in [0.5, 0.6) is 0 Å². The molecule has 0 unspecified atom stereocenters. The lowest BCUT2D eigenvalue weighted by molar-refractivity contribution is -0.121. The molecule has 0 saturated heterocycles. The number of aryl methyl sites for hydroxylation is 1. The van der Waals surface area contributed by atoms with Crippen LogP contribution in [-0.4, -0.2) is 43.8 Å². The summed E-state index contributed by atoms with van der Waals surface area (Å²) in [5.74, 6) is -0.0566. The number of hydrogen-bond donors (Lipinski definition) is 1. The van der Waals surface area contributed by atoms with E-state index >= 15 is 0 Å². The zero-order valence-electron chi connectivity index (χ0n) is 16.3. The van der Waals surface area contributed by atoms with Crippen molar-refractivity contribution >= 4 is 49.9 Å². The molecule has 0 atom stereocenters. The van der Waals surface area contributed by atoms with Gasteiger partial charge in [-0.1, -0.05) is 6.07 Å². The number of amides is 1. The van der Waals surface area contributed by atoms with Crippen LogP contribution in [0.3, 0.4) is 0 Å². The monoisotopic (exact) mass is 469 g/mol. The highest BCUT2D eigenvalue weighted by Gasteiger charge is 2.21. The molecule has 6 nitrogen and oxygen atoms in total. The molecule has 0 saturated carbocycles. The molecule has 156 valence electrons. The van der Waals surface area contributed by atoms with Crippen LogP contribution in [0, 0.1) is 6.92 Å². The van der Waals surface area contributed by atoms with Crippen molar-refractivity contribution in [2.75, 3.05) is 20.1 Å². The molecule has 3 rings (SSSR count). The highest BCUT2D eigenvalue weighted by molar-refractivity contribution is 7.91. The fourth-order valence-corrected chi connectivity index (χ4v) is 6.75. The molecule has 3 aromatic heterocycles. The van der Waals surface area contributed by atoms with E-state index in [2.05, 4.69) is 27.8 Å². The number of sulfonamides is 1. The maximum atomic E-state index is 12.3. The maximum Gasteiger partial charge on any atom is 0.252 e. The third-order valence-electron chi connectivity index (χ3n) is 4.26. The van der Waals surface area contributed by atoms with Crippen LogP contribution in [0.25, 0.3) is 10.6 Å². The summed E-state index contributed by atoms with van der Waals surface area (Å²) in [6, 6.07) is 7.45. The van der Waals surface area contributed by atoms with E-state index < -0.39 is 10.0 Å². The van der Waals surface area contributed by atoms with Gasteiger partial charge in [-0.3, -0.25) is 4.79 Å². The van der Waals surface area contributed by atoms with Gasteiger partial charge in [0.25, 0.3) is 10.0 Å². The number of carbonyl (C=O) groups excluding carboxylic acids is 1. The molecule has 3 heterocycles. The third kappa shape index (κ3) is 5.95. The fourth-order valence-electron chi connectivity index (χ4n) is 2.69. The van der Waals surface area contributed by atoms with Crippen LogP contribution >= 0.6 is 34.0 Å². The Labute approximate surface area is 183 Å². The van der Waals surface area contributed by atoms with Gasteiger partial charge in [-0.05, 0) is 43.3 Å². The van der Waals surface area contributed by atoms with Gasteiger partial charge in [0.2, 0.25) is 5.91 Å². The largest absolute Gasteiger partial charge is 0.356 e. The van der Waals surface area contributed by atoms with Gasteiger partial charge in [0, 0.05) is 36.8 Å². The van der Waals surface area contributed by atoms with E-state index in [-0.39, 0.29) is 5.91 Å². The van der Waals surface area contributed by atoms with Crippen LogP contribution in [-0.2, 0) is 21.2 Å². The Morgan fingerprint density at radius 1 is 1.24 bits per heavy atom. The Morgan fingerprint density at radius 2 is 2.07 bits per heavy atom. The van der Waals surface area contributed by atoms with Crippen molar-refractivity contribution in [2.24, 2.45) is 0 Å². The predicted octanol–water partition coefficient (Wildman–Crippen LogP) is 4.00.